The van der Waals surface area contributed by atoms with Crippen LogP contribution >= 0.6 is 0 Å². The van der Waals surface area contributed by atoms with Gasteiger partial charge < -0.3 is 10.6 Å². The summed E-state index contributed by atoms with van der Waals surface area (Å²) in [7, 11) is 0. The van der Waals surface area contributed by atoms with Crippen LogP contribution in [0.4, 0.5) is 10.2 Å². The number of nitrogen functional groups attached to an aromatic ring is 1. The van der Waals surface area contributed by atoms with Crippen LogP contribution in [-0.2, 0) is 6.42 Å². The second-order valence-electron chi connectivity index (χ2n) is 9.10. The molecule has 8 heteroatoms. The lowest BCUT2D eigenvalue weighted by atomic mass is 9.96. The van der Waals surface area contributed by atoms with Crippen LogP contribution in [0.25, 0.3) is 22.4 Å². The molecule has 1 aliphatic carbocycles. The number of hydrogen-bond acceptors (Lipinski definition) is 6. The Labute approximate surface area is 198 Å². The average Bonchev–Trinajstić information content (AvgIpc) is 3.68. The van der Waals surface area contributed by atoms with Crippen LogP contribution in [0, 0.1) is 11.7 Å². The average molecular weight is 461 g/mol. The predicted molar refractivity (Wildman–Crippen MR) is 130 cm³/mol. The maximum Gasteiger partial charge on any atom is 0.256 e. The standard InChI is InChI=1S/C26H29FN6O/c1-2-22-24(19-6-8-23(28)29-14-19)25(31-16-30-22)18-5-7-20(21(27)13-18)26(34)33-11-9-32(10-12-33)15-17-3-4-17/h5-8,13-14,16-17H,2-4,9-12,15H2,1H3,(H2,28,29). The number of aryl methyl sites for hydroxylation is 1. The summed E-state index contributed by atoms with van der Waals surface area (Å²) >= 11 is 0. The van der Waals surface area contributed by atoms with E-state index in [1.807, 2.05) is 13.0 Å². The Bertz CT molecular complexity index is 1190. The lowest BCUT2D eigenvalue weighted by Gasteiger charge is -2.34. The number of hydrogen-bond donors (Lipinski definition) is 1. The van der Waals surface area contributed by atoms with Gasteiger partial charge in [-0.15, -0.1) is 0 Å². The SMILES string of the molecule is CCc1ncnc(-c2ccc(C(=O)N3CCN(CC4CC4)CC3)c(F)c2)c1-c1ccc(N)nc1. The summed E-state index contributed by atoms with van der Waals surface area (Å²) in [5.41, 5.74) is 9.48. The van der Waals surface area contributed by atoms with E-state index in [9.17, 15) is 4.79 Å². The molecule has 3 aromatic rings. The van der Waals surface area contributed by atoms with Crippen molar-refractivity contribution in [1.82, 2.24) is 24.8 Å². The number of rotatable bonds is 6. The molecule has 3 heterocycles. The van der Waals surface area contributed by atoms with Gasteiger partial charge in [0, 0.05) is 55.6 Å². The van der Waals surface area contributed by atoms with Gasteiger partial charge in [0.2, 0.25) is 0 Å². The maximum atomic E-state index is 15.2. The van der Waals surface area contributed by atoms with E-state index in [-0.39, 0.29) is 11.5 Å². The zero-order chi connectivity index (χ0) is 23.7. The van der Waals surface area contributed by atoms with Crippen molar-refractivity contribution in [2.45, 2.75) is 26.2 Å². The second-order valence-corrected chi connectivity index (χ2v) is 9.10. The lowest BCUT2D eigenvalue weighted by molar-refractivity contribution is 0.0627. The van der Waals surface area contributed by atoms with Gasteiger partial charge in [-0.25, -0.2) is 19.3 Å². The van der Waals surface area contributed by atoms with E-state index >= 15 is 4.39 Å². The number of carbonyl (C=O) groups excluding carboxylic acids is 1. The number of anilines is 1. The summed E-state index contributed by atoms with van der Waals surface area (Å²) in [5, 5.41) is 0. The number of piperazine rings is 1. The molecule has 1 amide bonds. The molecule has 176 valence electrons. The van der Waals surface area contributed by atoms with Crippen molar-refractivity contribution in [3.63, 3.8) is 0 Å². The smallest absolute Gasteiger partial charge is 0.256 e. The first-order chi connectivity index (χ1) is 16.5. The Morgan fingerprint density at radius 2 is 1.82 bits per heavy atom. The van der Waals surface area contributed by atoms with E-state index in [1.165, 1.54) is 25.2 Å². The molecule has 5 rings (SSSR count). The molecule has 2 aromatic heterocycles. The molecule has 0 atom stereocenters. The quantitative estimate of drug-likeness (QED) is 0.604. The summed E-state index contributed by atoms with van der Waals surface area (Å²) < 4.78 is 15.2. The number of nitrogens with two attached hydrogens (primary N) is 1. The van der Waals surface area contributed by atoms with Gasteiger partial charge in [-0.2, -0.15) is 0 Å². The Kier molecular flexibility index (Phi) is 6.24. The fraction of sp³-hybridized carbons (Fsp3) is 0.385. The molecule has 2 fully saturated rings. The lowest BCUT2D eigenvalue weighted by Crippen LogP contribution is -2.49. The molecule has 34 heavy (non-hydrogen) atoms. The van der Waals surface area contributed by atoms with Gasteiger partial charge in [0.1, 0.15) is 18.0 Å². The van der Waals surface area contributed by atoms with E-state index in [1.54, 1.807) is 29.3 Å². The van der Waals surface area contributed by atoms with Crippen molar-refractivity contribution in [3.8, 4) is 22.4 Å². The van der Waals surface area contributed by atoms with Crippen LogP contribution in [0.5, 0.6) is 0 Å². The summed E-state index contributed by atoms with van der Waals surface area (Å²) in [4.78, 5) is 30.3. The van der Waals surface area contributed by atoms with Gasteiger partial charge in [-0.05, 0) is 49.4 Å². The minimum atomic E-state index is -0.541. The minimum Gasteiger partial charge on any atom is -0.384 e. The molecule has 0 radical (unpaired) electrons. The normalized spacial score (nSPS) is 16.6. The minimum absolute atomic E-state index is 0.0971. The third-order valence-electron chi connectivity index (χ3n) is 6.68. The van der Waals surface area contributed by atoms with Crippen molar-refractivity contribution < 1.29 is 9.18 Å². The highest BCUT2D eigenvalue weighted by atomic mass is 19.1. The van der Waals surface area contributed by atoms with Gasteiger partial charge >= 0.3 is 0 Å². The monoisotopic (exact) mass is 460 g/mol. The van der Waals surface area contributed by atoms with Gasteiger partial charge in [0.05, 0.1) is 17.0 Å². The molecule has 2 aliphatic rings. The summed E-state index contributed by atoms with van der Waals surface area (Å²) in [5.74, 6) is 0.453. The van der Waals surface area contributed by atoms with Crippen LogP contribution in [0.2, 0.25) is 0 Å². The summed E-state index contributed by atoms with van der Waals surface area (Å²) in [6, 6.07) is 8.31. The fourth-order valence-corrected chi connectivity index (χ4v) is 4.57. The Balaban J connectivity index is 1.40. The molecule has 1 saturated heterocycles. The number of benzene rings is 1. The molecule has 0 spiro atoms. The largest absolute Gasteiger partial charge is 0.384 e. The van der Waals surface area contributed by atoms with Crippen LogP contribution in [0.1, 0.15) is 35.8 Å². The Morgan fingerprint density at radius 3 is 2.47 bits per heavy atom. The zero-order valence-corrected chi connectivity index (χ0v) is 19.4. The highest BCUT2D eigenvalue weighted by Gasteiger charge is 2.29. The van der Waals surface area contributed by atoms with Gasteiger partial charge in [0.15, 0.2) is 0 Å². The van der Waals surface area contributed by atoms with Gasteiger partial charge in [0.25, 0.3) is 5.91 Å². The topological polar surface area (TPSA) is 88.2 Å². The molecule has 1 aromatic carbocycles. The summed E-state index contributed by atoms with van der Waals surface area (Å²) in [6.45, 7) is 6.09. The van der Waals surface area contributed by atoms with Crippen molar-refractivity contribution >= 4 is 11.7 Å². The molecule has 1 aliphatic heterocycles. The molecule has 0 bridgehead atoms. The number of pyridine rings is 1. The fourth-order valence-electron chi connectivity index (χ4n) is 4.57. The van der Waals surface area contributed by atoms with Crippen LogP contribution in [0.15, 0.2) is 42.9 Å². The zero-order valence-electron chi connectivity index (χ0n) is 19.4. The first-order valence-corrected chi connectivity index (χ1v) is 11.9. The van der Waals surface area contributed by atoms with Crippen molar-refractivity contribution in [1.29, 1.82) is 0 Å². The van der Waals surface area contributed by atoms with Crippen molar-refractivity contribution in [3.05, 3.63) is 59.9 Å². The molecule has 7 nitrogen and oxygen atoms in total. The van der Waals surface area contributed by atoms with Gasteiger partial charge in [-0.1, -0.05) is 13.0 Å². The highest BCUT2D eigenvalue weighted by molar-refractivity contribution is 5.95. The second kappa shape index (κ2) is 9.46. The molecule has 1 saturated carbocycles. The molecular weight excluding hydrogens is 431 g/mol. The maximum absolute atomic E-state index is 15.2. The first-order valence-electron chi connectivity index (χ1n) is 11.9. The Morgan fingerprint density at radius 1 is 1.06 bits per heavy atom. The number of nitrogens with zero attached hydrogens (tertiary/aromatic N) is 5. The molecular formula is C26H29FN6O. The molecule has 0 unspecified atom stereocenters. The number of carbonyl (C=O) groups is 1. The van der Waals surface area contributed by atoms with Crippen molar-refractivity contribution in [2.75, 3.05) is 38.5 Å². The number of aromatic nitrogens is 3. The van der Waals surface area contributed by atoms with E-state index in [4.69, 9.17) is 5.73 Å². The van der Waals surface area contributed by atoms with E-state index in [0.717, 1.165) is 42.4 Å². The third-order valence-corrected chi connectivity index (χ3v) is 6.68. The van der Waals surface area contributed by atoms with E-state index < -0.39 is 5.82 Å². The van der Waals surface area contributed by atoms with Crippen LogP contribution in [-0.4, -0.2) is 63.4 Å². The van der Waals surface area contributed by atoms with Gasteiger partial charge in [-0.3, -0.25) is 9.69 Å². The Hall–Kier alpha value is -3.39. The van der Waals surface area contributed by atoms with Crippen molar-refractivity contribution in [2.24, 2.45) is 5.92 Å². The van der Waals surface area contributed by atoms with E-state index in [2.05, 4.69) is 19.9 Å². The summed E-state index contributed by atoms with van der Waals surface area (Å²) in [6.07, 6.45) is 6.48. The first kappa shape index (κ1) is 22.4. The highest BCUT2D eigenvalue weighted by Crippen LogP contribution is 2.34. The van der Waals surface area contributed by atoms with Crippen LogP contribution in [0.3, 0.4) is 0 Å². The number of halogens is 1. The molecule has 2 N–H and O–H groups in total. The predicted octanol–water partition coefficient (Wildman–Crippen LogP) is 3.66. The number of amides is 1. The van der Waals surface area contributed by atoms with Crippen LogP contribution < -0.4 is 5.73 Å². The van der Waals surface area contributed by atoms with E-state index in [0.29, 0.717) is 36.6 Å². The third kappa shape index (κ3) is 4.63.